The standard InChI is InChI=1S/C28H32N4O7/c1-37-23-15-21(22(16-24(23)38-2)39-14-6-9-25(33)34)26(28(35)30-17-18-7-4-3-5-8-18)31-20-12-10-19(11-13-20)27(29)32-36/h3-5,7-8,10-13,15-16,26,31,36H,6,9,14,17H2,1-2H3,(H2,29,32)(H,30,35)(H,33,34). The van der Waals surface area contributed by atoms with Crippen molar-refractivity contribution < 1.29 is 34.1 Å². The SMILES string of the molecule is COc1cc(OCCCC(=O)O)c(C(Nc2ccc(/C(N)=N\O)cc2)C(=O)NCc2ccccc2)cc1OC. The van der Waals surface area contributed by atoms with E-state index in [1.807, 2.05) is 30.3 Å². The summed E-state index contributed by atoms with van der Waals surface area (Å²) in [5.41, 5.74) is 8.13. The summed E-state index contributed by atoms with van der Waals surface area (Å²) in [6.07, 6.45) is 0.213. The molecule has 0 bridgehead atoms. The van der Waals surface area contributed by atoms with E-state index < -0.39 is 12.0 Å². The van der Waals surface area contributed by atoms with Gasteiger partial charge in [0.25, 0.3) is 0 Å². The number of carboxylic acid groups (broad SMARTS) is 1. The van der Waals surface area contributed by atoms with Crippen LogP contribution >= 0.6 is 0 Å². The van der Waals surface area contributed by atoms with Crippen molar-refractivity contribution in [2.75, 3.05) is 26.1 Å². The molecule has 0 fully saturated rings. The van der Waals surface area contributed by atoms with E-state index in [1.54, 1.807) is 36.4 Å². The van der Waals surface area contributed by atoms with E-state index in [0.717, 1.165) is 5.56 Å². The van der Waals surface area contributed by atoms with Crippen molar-refractivity contribution in [3.05, 3.63) is 83.4 Å². The number of aliphatic carboxylic acids is 1. The van der Waals surface area contributed by atoms with Crippen LogP contribution in [0.25, 0.3) is 0 Å². The van der Waals surface area contributed by atoms with Crippen LogP contribution in [-0.2, 0) is 16.1 Å². The highest BCUT2D eigenvalue weighted by atomic mass is 16.5. The van der Waals surface area contributed by atoms with Crippen molar-refractivity contribution in [1.29, 1.82) is 0 Å². The summed E-state index contributed by atoms with van der Waals surface area (Å²) in [6.45, 7) is 0.407. The molecule has 0 aliphatic heterocycles. The van der Waals surface area contributed by atoms with Gasteiger partial charge in [-0.25, -0.2) is 0 Å². The number of carbonyl (C=O) groups excluding carboxylic acids is 1. The van der Waals surface area contributed by atoms with Crippen LogP contribution in [0.1, 0.15) is 35.6 Å². The van der Waals surface area contributed by atoms with Gasteiger partial charge in [-0.2, -0.15) is 0 Å². The molecule has 0 aliphatic rings. The number of carbonyl (C=O) groups is 2. The Morgan fingerprint density at radius 3 is 2.26 bits per heavy atom. The Kier molecular flexibility index (Phi) is 10.4. The number of amidine groups is 1. The van der Waals surface area contributed by atoms with Crippen LogP contribution in [0.5, 0.6) is 17.2 Å². The average Bonchev–Trinajstić information content (AvgIpc) is 2.96. The predicted octanol–water partition coefficient (Wildman–Crippen LogP) is 3.51. The monoisotopic (exact) mass is 536 g/mol. The van der Waals surface area contributed by atoms with Gasteiger partial charge in [-0.3, -0.25) is 9.59 Å². The van der Waals surface area contributed by atoms with Gasteiger partial charge < -0.3 is 40.9 Å². The Labute approximate surface area is 226 Å². The first-order valence-corrected chi connectivity index (χ1v) is 12.1. The quantitative estimate of drug-likeness (QED) is 0.0681. The summed E-state index contributed by atoms with van der Waals surface area (Å²) >= 11 is 0. The molecule has 0 saturated carbocycles. The Hall–Kier alpha value is -4.93. The number of anilines is 1. The van der Waals surface area contributed by atoms with Crippen molar-refractivity contribution in [1.82, 2.24) is 5.32 Å². The largest absolute Gasteiger partial charge is 0.493 e. The minimum absolute atomic E-state index is 0.0457. The number of oxime groups is 1. The number of rotatable bonds is 14. The van der Waals surface area contributed by atoms with E-state index in [9.17, 15) is 9.59 Å². The van der Waals surface area contributed by atoms with Crippen molar-refractivity contribution in [2.24, 2.45) is 10.9 Å². The molecule has 1 amide bonds. The van der Waals surface area contributed by atoms with E-state index in [0.29, 0.717) is 40.6 Å². The second-order valence-corrected chi connectivity index (χ2v) is 8.43. The maximum Gasteiger partial charge on any atom is 0.303 e. The molecule has 1 atom stereocenters. The molecule has 0 heterocycles. The Morgan fingerprint density at radius 2 is 1.64 bits per heavy atom. The molecule has 1 unspecified atom stereocenters. The second-order valence-electron chi connectivity index (χ2n) is 8.43. The maximum atomic E-state index is 13.6. The van der Waals surface area contributed by atoms with Gasteiger partial charge in [-0.05, 0) is 42.3 Å². The number of methoxy groups -OCH3 is 2. The highest BCUT2D eigenvalue weighted by molar-refractivity contribution is 5.97. The smallest absolute Gasteiger partial charge is 0.303 e. The first-order chi connectivity index (χ1) is 18.9. The van der Waals surface area contributed by atoms with Crippen LogP contribution in [0.3, 0.4) is 0 Å². The summed E-state index contributed by atoms with van der Waals surface area (Å²) in [5.74, 6) is -0.214. The number of nitrogens with two attached hydrogens (primary N) is 1. The van der Waals surface area contributed by atoms with Gasteiger partial charge >= 0.3 is 5.97 Å². The fourth-order valence-electron chi connectivity index (χ4n) is 3.77. The number of hydrogen-bond acceptors (Lipinski definition) is 8. The van der Waals surface area contributed by atoms with Gasteiger partial charge in [0.1, 0.15) is 11.8 Å². The molecule has 11 nitrogen and oxygen atoms in total. The van der Waals surface area contributed by atoms with Crippen LogP contribution in [0.15, 0.2) is 71.9 Å². The van der Waals surface area contributed by atoms with Crippen LogP contribution < -0.4 is 30.6 Å². The molecule has 39 heavy (non-hydrogen) atoms. The highest BCUT2D eigenvalue weighted by Gasteiger charge is 2.27. The molecule has 0 radical (unpaired) electrons. The lowest BCUT2D eigenvalue weighted by molar-refractivity contribution is -0.137. The number of nitrogens with one attached hydrogen (secondary N) is 2. The van der Waals surface area contributed by atoms with Gasteiger partial charge in [0.2, 0.25) is 5.91 Å². The molecule has 3 rings (SSSR count). The second kappa shape index (κ2) is 14.1. The minimum atomic E-state index is -0.947. The minimum Gasteiger partial charge on any atom is -0.493 e. The highest BCUT2D eigenvalue weighted by Crippen LogP contribution is 2.39. The third-order valence-electron chi connectivity index (χ3n) is 5.79. The first kappa shape index (κ1) is 28.6. The lowest BCUT2D eigenvalue weighted by Gasteiger charge is -2.24. The summed E-state index contributed by atoms with van der Waals surface area (Å²) in [6, 6.07) is 18.5. The molecular formula is C28H32N4O7. The number of ether oxygens (including phenoxy) is 3. The van der Waals surface area contributed by atoms with E-state index >= 15 is 0 Å². The average molecular weight is 537 g/mol. The molecule has 0 aliphatic carbocycles. The van der Waals surface area contributed by atoms with Gasteiger partial charge in [0, 0.05) is 35.8 Å². The number of benzene rings is 3. The molecule has 206 valence electrons. The van der Waals surface area contributed by atoms with E-state index in [1.165, 1.54) is 14.2 Å². The van der Waals surface area contributed by atoms with Gasteiger partial charge in [-0.15, -0.1) is 0 Å². The maximum absolute atomic E-state index is 13.6. The first-order valence-electron chi connectivity index (χ1n) is 12.1. The molecule has 3 aromatic rings. The zero-order valence-electron chi connectivity index (χ0n) is 21.7. The molecule has 0 saturated heterocycles. The summed E-state index contributed by atoms with van der Waals surface area (Å²) in [4.78, 5) is 24.6. The van der Waals surface area contributed by atoms with Crippen molar-refractivity contribution >= 4 is 23.4 Å². The third kappa shape index (κ3) is 8.03. The molecule has 11 heteroatoms. The number of nitrogens with zero attached hydrogens (tertiary/aromatic N) is 1. The fraction of sp³-hybridized carbons (Fsp3) is 0.250. The van der Waals surface area contributed by atoms with Crippen LogP contribution in [-0.4, -0.2) is 48.9 Å². The van der Waals surface area contributed by atoms with E-state index in [2.05, 4.69) is 15.8 Å². The number of carboxylic acids is 1. The lowest BCUT2D eigenvalue weighted by atomic mass is 10.0. The Balaban J connectivity index is 1.98. The zero-order chi connectivity index (χ0) is 28.2. The Morgan fingerprint density at radius 1 is 0.974 bits per heavy atom. The number of hydrogen-bond donors (Lipinski definition) is 5. The van der Waals surface area contributed by atoms with Crippen molar-refractivity contribution in [2.45, 2.75) is 25.4 Å². The van der Waals surface area contributed by atoms with E-state index in [-0.39, 0.29) is 31.2 Å². The van der Waals surface area contributed by atoms with Crippen molar-refractivity contribution in [3.63, 3.8) is 0 Å². The van der Waals surface area contributed by atoms with Crippen LogP contribution in [0.2, 0.25) is 0 Å². The lowest BCUT2D eigenvalue weighted by Crippen LogP contribution is -2.33. The summed E-state index contributed by atoms with van der Waals surface area (Å²) in [7, 11) is 2.97. The summed E-state index contributed by atoms with van der Waals surface area (Å²) in [5, 5.41) is 27.1. The summed E-state index contributed by atoms with van der Waals surface area (Å²) < 4.78 is 16.9. The van der Waals surface area contributed by atoms with Gasteiger partial charge in [0.15, 0.2) is 17.3 Å². The molecule has 0 aromatic heterocycles. The third-order valence-corrected chi connectivity index (χ3v) is 5.79. The van der Waals surface area contributed by atoms with E-state index in [4.69, 9.17) is 30.3 Å². The molecule has 0 spiro atoms. The fourth-order valence-corrected chi connectivity index (χ4v) is 3.77. The topological polar surface area (TPSA) is 165 Å². The number of amides is 1. The van der Waals surface area contributed by atoms with Crippen LogP contribution in [0, 0.1) is 0 Å². The van der Waals surface area contributed by atoms with Gasteiger partial charge in [-0.1, -0.05) is 35.5 Å². The van der Waals surface area contributed by atoms with Gasteiger partial charge in [0.05, 0.1) is 20.8 Å². The predicted molar refractivity (Wildman–Crippen MR) is 146 cm³/mol. The molecular weight excluding hydrogens is 504 g/mol. The molecule has 6 N–H and O–H groups in total. The van der Waals surface area contributed by atoms with Crippen LogP contribution in [0.4, 0.5) is 5.69 Å². The molecule has 3 aromatic carbocycles. The van der Waals surface area contributed by atoms with Crippen molar-refractivity contribution in [3.8, 4) is 17.2 Å². The normalized spacial score (nSPS) is 11.8. The Bertz CT molecular complexity index is 1280. The zero-order valence-corrected chi connectivity index (χ0v) is 21.7.